The van der Waals surface area contributed by atoms with E-state index < -0.39 is 10.0 Å². The average molecular weight is 311 g/mol. The molecule has 6 nitrogen and oxygen atoms in total. The molecule has 2 rings (SSSR count). The van der Waals surface area contributed by atoms with Crippen LogP contribution in [-0.2, 0) is 21.4 Å². The summed E-state index contributed by atoms with van der Waals surface area (Å²) in [5, 5.41) is 2.70. The molecule has 1 amide bonds. The highest BCUT2D eigenvalue weighted by molar-refractivity contribution is 7.89. The minimum absolute atomic E-state index is 0.106. The maximum atomic E-state index is 12.1. The van der Waals surface area contributed by atoms with Crippen LogP contribution >= 0.6 is 0 Å². The molecular formula is C14H21N3O3S. The molecular weight excluding hydrogens is 290 g/mol. The molecule has 1 aromatic rings. The number of nitrogens with one attached hydrogen (secondary N) is 1. The molecule has 2 heterocycles. The van der Waals surface area contributed by atoms with E-state index >= 15 is 0 Å². The lowest BCUT2D eigenvalue weighted by Crippen LogP contribution is -2.32. The molecule has 1 aliphatic rings. The Labute approximate surface area is 125 Å². The van der Waals surface area contributed by atoms with Crippen LogP contribution < -0.4 is 5.32 Å². The Bertz CT molecular complexity index is 616. The van der Waals surface area contributed by atoms with E-state index in [1.54, 1.807) is 11.2 Å². The van der Waals surface area contributed by atoms with Crippen LogP contribution in [0.5, 0.6) is 0 Å². The van der Waals surface area contributed by atoms with Crippen molar-refractivity contribution in [2.75, 3.05) is 12.3 Å². The van der Waals surface area contributed by atoms with Crippen LogP contribution in [0.2, 0.25) is 0 Å². The maximum Gasteiger partial charge on any atom is 0.217 e. The lowest BCUT2D eigenvalue weighted by molar-refractivity contribution is -0.119. The Morgan fingerprint density at radius 3 is 2.90 bits per heavy atom. The van der Waals surface area contributed by atoms with Gasteiger partial charge in [-0.3, -0.25) is 9.78 Å². The monoisotopic (exact) mass is 311 g/mol. The molecule has 1 aliphatic heterocycles. The molecule has 0 spiro atoms. The summed E-state index contributed by atoms with van der Waals surface area (Å²) in [5.74, 6) is -0.00649. The molecule has 1 saturated heterocycles. The number of hydrogen-bond acceptors (Lipinski definition) is 4. The van der Waals surface area contributed by atoms with Crippen LogP contribution in [0.15, 0.2) is 18.2 Å². The summed E-state index contributed by atoms with van der Waals surface area (Å²) < 4.78 is 25.8. The highest BCUT2D eigenvalue weighted by Gasteiger charge is 2.34. The fourth-order valence-corrected chi connectivity index (χ4v) is 3.87. The van der Waals surface area contributed by atoms with Gasteiger partial charge < -0.3 is 5.32 Å². The van der Waals surface area contributed by atoms with Crippen LogP contribution in [0.1, 0.15) is 44.1 Å². The number of hydrogen-bond donors (Lipinski definition) is 1. The van der Waals surface area contributed by atoms with Crippen molar-refractivity contribution >= 4 is 15.9 Å². The molecule has 21 heavy (non-hydrogen) atoms. The SMILES string of the molecule is CCS(=O)(=O)N1CCC[C@H]1c1cccc(CNC(C)=O)n1. The van der Waals surface area contributed by atoms with E-state index in [-0.39, 0.29) is 17.7 Å². The Morgan fingerprint density at radius 2 is 2.24 bits per heavy atom. The lowest BCUT2D eigenvalue weighted by atomic mass is 10.1. The van der Waals surface area contributed by atoms with Gasteiger partial charge in [-0.25, -0.2) is 8.42 Å². The number of rotatable bonds is 5. The Hall–Kier alpha value is -1.47. The fraction of sp³-hybridized carbons (Fsp3) is 0.571. The third-order valence-corrected chi connectivity index (χ3v) is 5.50. The van der Waals surface area contributed by atoms with Gasteiger partial charge in [-0.1, -0.05) is 6.07 Å². The molecule has 1 atom stereocenters. The second-order valence-corrected chi connectivity index (χ2v) is 7.34. The highest BCUT2D eigenvalue weighted by Crippen LogP contribution is 2.33. The molecule has 116 valence electrons. The minimum Gasteiger partial charge on any atom is -0.351 e. The topological polar surface area (TPSA) is 79.4 Å². The molecule has 0 aromatic carbocycles. The van der Waals surface area contributed by atoms with Crippen LogP contribution in [0, 0.1) is 0 Å². The van der Waals surface area contributed by atoms with Crippen LogP contribution in [0.3, 0.4) is 0 Å². The van der Waals surface area contributed by atoms with Gasteiger partial charge in [0.05, 0.1) is 29.7 Å². The van der Waals surface area contributed by atoms with Gasteiger partial charge in [0.1, 0.15) is 0 Å². The van der Waals surface area contributed by atoms with Gasteiger partial charge in [0.15, 0.2) is 0 Å². The average Bonchev–Trinajstić information content (AvgIpc) is 2.95. The van der Waals surface area contributed by atoms with Gasteiger partial charge in [-0.15, -0.1) is 0 Å². The molecule has 1 fully saturated rings. The van der Waals surface area contributed by atoms with E-state index in [1.165, 1.54) is 6.92 Å². The van der Waals surface area contributed by atoms with Crippen LogP contribution in [-0.4, -0.2) is 35.9 Å². The van der Waals surface area contributed by atoms with Crippen LogP contribution in [0.25, 0.3) is 0 Å². The largest absolute Gasteiger partial charge is 0.351 e. The van der Waals surface area contributed by atoms with Crippen molar-refractivity contribution in [2.45, 2.75) is 39.3 Å². The zero-order valence-electron chi connectivity index (χ0n) is 12.4. The standard InChI is InChI=1S/C14H21N3O3S/c1-3-21(19,20)17-9-5-8-14(17)13-7-4-6-12(16-13)10-15-11(2)18/h4,6-7,14H,3,5,8-10H2,1-2H3,(H,15,18)/t14-/m0/s1. The molecule has 1 aromatic heterocycles. The van der Waals surface area contributed by atoms with Crippen molar-refractivity contribution < 1.29 is 13.2 Å². The minimum atomic E-state index is -3.21. The summed E-state index contributed by atoms with van der Waals surface area (Å²) in [7, 11) is -3.21. The van der Waals surface area contributed by atoms with Gasteiger partial charge in [0.25, 0.3) is 0 Å². The number of carbonyl (C=O) groups is 1. The van der Waals surface area contributed by atoms with Crippen molar-refractivity contribution in [3.05, 3.63) is 29.6 Å². The third kappa shape index (κ3) is 3.79. The first-order chi connectivity index (χ1) is 9.94. The maximum absolute atomic E-state index is 12.1. The number of amides is 1. The Balaban J connectivity index is 2.21. The summed E-state index contributed by atoms with van der Waals surface area (Å²) in [6, 6.07) is 5.35. The zero-order chi connectivity index (χ0) is 15.5. The summed E-state index contributed by atoms with van der Waals surface area (Å²) in [6.45, 7) is 4.02. The van der Waals surface area contributed by atoms with Gasteiger partial charge >= 0.3 is 0 Å². The van der Waals surface area contributed by atoms with Gasteiger partial charge in [-0.05, 0) is 31.9 Å². The number of carbonyl (C=O) groups excluding carboxylic acids is 1. The quantitative estimate of drug-likeness (QED) is 0.886. The van der Waals surface area contributed by atoms with E-state index in [4.69, 9.17) is 0 Å². The molecule has 7 heteroatoms. The van der Waals surface area contributed by atoms with Gasteiger partial charge in [0.2, 0.25) is 15.9 Å². The molecule has 0 saturated carbocycles. The molecule has 1 N–H and O–H groups in total. The number of aromatic nitrogens is 1. The van der Waals surface area contributed by atoms with Crippen LogP contribution in [0.4, 0.5) is 0 Å². The van der Waals surface area contributed by atoms with E-state index in [1.807, 2.05) is 18.2 Å². The number of pyridine rings is 1. The second-order valence-electron chi connectivity index (χ2n) is 5.13. The molecule has 0 unspecified atom stereocenters. The summed E-state index contributed by atoms with van der Waals surface area (Å²) in [6.07, 6.45) is 1.64. The zero-order valence-corrected chi connectivity index (χ0v) is 13.2. The fourth-order valence-electron chi connectivity index (χ4n) is 2.53. The first-order valence-electron chi connectivity index (χ1n) is 7.14. The van der Waals surface area contributed by atoms with Crippen molar-refractivity contribution in [2.24, 2.45) is 0 Å². The third-order valence-electron chi connectivity index (χ3n) is 3.61. The summed E-state index contributed by atoms with van der Waals surface area (Å²) >= 11 is 0. The smallest absolute Gasteiger partial charge is 0.217 e. The Morgan fingerprint density at radius 1 is 1.48 bits per heavy atom. The van der Waals surface area contributed by atoms with Crippen molar-refractivity contribution in [1.82, 2.24) is 14.6 Å². The normalized spacial score (nSPS) is 19.6. The predicted molar refractivity (Wildman–Crippen MR) is 79.9 cm³/mol. The van der Waals surface area contributed by atoms with Crippen molar-refractivity contribution in [1.29, 1.82) is 0 Å². The highest BCUT2D eigenvalue weighted by atomic mass is 32.2. The van der Waals surface area contributed by atoms with Gasteiger partial charge in [-0.2, -0.15) is 4.31 Å². The Kier molecular flexibility index (Phi) is 4.95. The van der Waals surface area contributed by atoms with Crippen molar-refractivity contribution in [3.8, 4) is 0 Å². The molecule has 0 aliphatic carbocycles. The van der Waals surface area contributed by atoms with E-state index in [0.717, 1.165) is 24.2 Å². The predicted octanol–water partition coefficient (Wildman–Crippen LogP) is 1.20. The first-order valence-corrected chi connectivity index (χ1v) is 8.74. The van der Waals surface area contributed by atoms with E-state index in [0.29, 0.717) is 13.1 Å². The molecule has 0 radical (unpaired) electrons. The number of sulfonamides is 1. The van der Waals surface area contributed by atoms with E-state index in [9.17, 15) is 13.2 Å². The van der Waals surface area contributed by atoms with E-state index in [2.05, 4.69) is 10.3 Å². The first kappa shape index (κ1) is 15.9. The molecule has 0 bridgehead atoms. The number of nitrogens with zero attached hydrogens (tertiary/aromatic N) is 2. The van der Waals surface area contributed by atoms with Gasteiger partial charge in [0, 0.05) is 13.5 Å². The lowest BCUT2D eigenvalue weighted by Gasteiger charge is -2.23. The second kappa shape index (κ2) is 6.53. The van der Waals surface area contributed by atoms with Crippen molar-refractivity contribution in [3.63, 3.8) is 0 Å². The summed E-state index contributed by atoms with van der Waals surface area (Å²) in [4.78, 5) is 15.5. The summed E-state index contributed by atoms with van der Waals surface area (Å²) in [5.41, 5.74) is 1.50.